The van der Waals surface area contributed by atoms with Gasteiger partial charge >= 0.3 is 0 Å². The monoisotopic (exact) mass is 350 g/mol. The van der Waals surface area contributed by atoms with Crippen molar-refractivity contribution in [3.8, 4) is 5.75 Å². The number of amides is 1. The summed E-state index contributed by atoms with van der Waals surface area (Å²) in [5.41, 5.74) is 2.70. The van der Waals surface area contributed by atoms with Crippen molar-refractivity contribution < 1.29 is 9.53 Å². The zero-order chi connectivity index (χ0) is 17.9. The Labute approximate surface area is 151 Å². The summed E-state index contributed by atoms with van der Waals surface area (Å²) >= 11 is 0. The van der Waals surface area contributed by atoms with Gasteiger partial charge in [0.1, 0.15) is 24.9 Å². The summed E-state index contributed by atoms with van der Waals surface area (Å²) in [6.07, 6.45) is 7.75. The third-order valence-corrected chi connectivity index (χ3v) is 4.82. The zero-order valence-electron chi connectivity index (χ0n) is 14.5. The van der Waals surface area contributed by atoms with E-state index in [4.69, 9.17) is 4.74 Å². The van der Waals surface area contributed by atoms with E-state index in [1.165, 1.54) is 44.7 Å². The van der Waals surface area contributed by atoms with Crippen LogP contribution in [-0.4, -0.2) is 45.4 Å². The van der Waals surface area contributed by atoms with Crippen molar-refractivity contribution in [3.63, 3.8) is 0 Å². The van der Waals surface area contributed by atoms with Gasteiger partial charge in [-0.05, 0) is 17.5 Å². The molecule has 1 aromatic carbocycles. The van der Waals surface area contributed by atoms with Crippen molar-refractivity contribution in [1.82, 2.24) is 25.1 Å². The summed E-state index contributed by atoms with van der Waals surface area (Å²) in [6.45, 7) is 0. The molecule has 8 nitrogen and oxygen atoms in total. The lowest BCUT2D eigenvalue weighted by Gasteiger charge is -2.22. The van der Waals surface area contributed by atoms with Crippen molar-refractivity contribution in [3.05, 3.63) is 36.0 Å². The lowest BCUT2D eigenvalue weighted by Crippen LogP contribution is -2.15. The van der Waals surface area contributed by atoms with E-state index in [2.05, 4.69) is 36.5 Å². The maximum atomic E-state index is 12.1. The lowest BCUT2D eigenvalue weighted by atomic mass is 9.60. The van der Waals surface area contributed by atoms with Gasteiger partial charge in [-0.25, -0.2) is 9.97 Å². The van der Waals surface area contributed by atoms with E-state index in [-0.39, 0.29) is 5.82 Å². The number of carbonyl (C=O) groups is 1. The molecule has 0 spiro atoms. The van der Waals surface area contributed by atoms with E-state index in [0.717, 1.165) is 5.52 Å². The first-order chi connectivity index (χ1) is 12.8. The summed E-state index contributed by atoms with van der Waals surface area (Å²) in [5, 5.41) is 8.95. The minimum atomic E-state index is -0.442. The number of aromatic nitrogens is 5. The Bertz CT molecular complexity index is 924. The van der Waals surface area contributed by atoms with Gasteiger partial charge in [0.25, 0.3) is 5.91 Å². The van der Waals surface area contributed by atoms with Crippen LogP contribution in [0.5, 0.6) is 5.75 Å². The van der Waals surface area contributed by atoms with Gasteiger partial charge in [-0.1, -0.05) is 31.5 Å². The fraction of sp³-hybridized carbons (Fsp3) is 0.353. The molecule has 4 rings (SSSR count). The molecule has 3 heterocycles. The van der Waals surface area contributed by atoms with E-state index < -0.39 is 5.91 Å². The SMILES string of the molecule is COc1ccc(C2CCBCC2)c2ncc(NC(=O)c3nc[nH]n3)nc12. The number of hydrogen-bond acceptors (Lipinski definition) is 6. The minimum absolute atomic E-state index is 0.0508. The Morgan fingerprint density at radius 1 is 1.27 bits per heavy atom. The van der Waals surface area contributed by atoms with Gasteiger partial charge in [0, 0.05) is 0 Å². The molecular formula is C17H19BN6O2. The number of rotatable bonds is 4. The Hall–Kier alpha value is -2.97. The molecule has 0 aliphatic carbocycles. The molecule has 1 amide bonds. The van der Waals surface area contributed by atoms with E-state index in [1.807, 2.05) is 6.07 Å². The molecule has 26 heavy (non-hydrogen) atoms. The number of methoxy groups -OCH3 is 1. The second kappa shape index (κ2) is 7.11. The number of aromatic amines is 1. The largest absolute Gasteiger partial charge is 0.494 e. The fourth-order valence-corrected chi connectivity index (χ4v) is 3.55. The van der Waals surface area contributed by atoms with Crippen LogP contribution >= 0.6 is 0 Å². The molecule has 0 radical (unpaired) electrons. The highest BCUT2D eigenvalue weighted by Crippen LogP contribution is 2.37. The van der Waals surface area contributed by atoms with Crippen molar-refractivity contribution >= 4 is 30.0 Å². The molecule has 0 atom stereocenters. The molecular weight excluding hydrogens is 331 g/mol. The quantitative estimate of drug-likeness (QED) is 0.699. The number of benzene rings is 1. The maximum absolute atomic E-state index is 12.1. The molecule has 2 N–H and O–H groups in total. The average molecular weight is 350 g/mol. The smallest absolute Gasteiger partial charge is 0.296 e. The van der Waals surface area contributed by atoms with E-state index in [0.29, 0.717) is 23.0 Å². The molecule has 1 aliphatic heterocycles. The first kappa shape index (κ1) is 16.5. The molecule has 2 aromatic heterocycles. The molecule has 0 saturated carbocycles. The van der Waals surface area contributed by atoms with Crippen LogP contribution in [0.15, 0.2) is 24.7 Å². The third kappa shape index (κ3) is 3.12. The number of carbonyl (C=O) groups excluding carboxylic acids is 1. The lowest BCUT2D eigenvalue weighted by molar-refractivity contribution is 0.101. The summed E-state index contributed by atoms with van der Waals surface area (Å²) < 4.78 is 5.46. The van der Waals surface area contributed by atoms with E-state index >= 15 is 0 Å². The number of ether oxygens (including phenoxy) is 1. The number of H-pyrrole nitrogens is 1. The standard InChI is InChI=1S/C17H19BN6O2/c1-26-12-3-2-11(10-4-6-18-7-5-10)14-15(12)22-13(8-19-14)23-17(25)16-20-9-21-24-16/h2-3,8-10,18H,4-7H2,1H3,(H,20,21,24)(H,22,23,25). The Kier molecular flexibility index (Phi) is 4.51. The summed E-state index contributed by atoms with van der Waals surface area (Å²) in [5.74, 6) is 1.09. The number of nitrogens with one attached hydrogen (secondary N) is 2. The third-order valence-electron chi connectivity index (χ3n) is 4.82. The van der Waals surface area contributed by atoms with Crippen LogP contribution in [0.2, 0.25) is 12.6 Å². The van der Waals surface area contributed by atoms with Gasteiger partial charge < -0.3 is 10.1 Å². The second-order valence-electron chi connectivity index (χ2n) is 6.42. The second-order valence-corrected chi connectivity index (χ2v) is 6.42. The first-order valence-electron chi connectivity index (χ1n) is 8.77. The highest BCUT2D eigenvalue weighted by atomic mass is 16.5. The molecule has 3 aromatic rings. The summed E-state index contributed by atoms with van der Waals surface area (Å²) in [6, 6.07) is 4.03. The van der Waals surface area contributed by atoms with Gasteiger partial charge in [-0.3, -0.25) is 14.9 Å². The van der Waals surface area contributed by atoms with Crippen molar-refractivity contribution in [2.24, 2.45) is 0 Å². The van der Waals surface area contributed by atoms with Crippen LogP contribution in [0.1, 0.15) is 34.9 Å². The highest BCUT2D eigenvalue weighted by Gasteiger charge is 2.21. The highest BCUT2D eigenvalue weighted by molar-refractivity contribution is 6.35. The van der Waals surface area contributed by atoms with Crippen LogP contribution < -0.4 is 10.1 Å². The Morgan fingerprint density at radius 3 is 2.85 bits per heavy atom. The van der Waals surface area contributed by atoms with Crippen LogP contribution in [0.3, 0.4) is 0 Å². The molecule has 0 bridgehead atoms. The number of fused-ring (bicyclic) bond motifs is 1. The Morgan fingerprint density at radius 2 is 2.12 bits per heavy atom. The first-order valence-corrected chi connectivity index (χ1v) is 8.77. The molecule has 0 unspecified atom stereocenters. The number of nitrogens with zero attached hydrogens (tertiary/aromatic N) is 4. The molecule has 132 valence electrons. The predicted molar refractivity (Wildman–Crippen MR) is 99.2 cm³/mol. The van der Waals surface area contributed by atoms with E-state index in [9.17, 15) is 4.79 Å². The van der Waals surface area contributed by atoms with Crippen LogP contribution in [-0.2, 0) is 0 Å². The Balaban J connectivity index is 1.70. The van der Waals surface area contributed by atoms with Gasteiger partial charge in [0.15, 0.2) is 5.82 Å². The average Bonchev–Trinajstić information content (AvgIpc) is 3.23. The molecule has 1 fully saturated rings. The molecule has 9 heteroatoms. The van der Waals surface area contributed by atoms with Gasteiger partial charge in [0.2, 0.25) is 5.82 Å². The topological polar surface area (TPSA) is 106 Å². The van der Waals surface area contributed by atoms with Crippen molar-refractivity contribution in [1.29, 1.82) is 0 Å². The van der Waals surface area contributed by atoms with Gasteiger partial charge in [0.05, 0.1) is 18.8 Å². The predicted octanol–water partition coefficient (Wildman–Crippen LogP) is 2.16. The van der Waals surface area contributed by atoms with Crippen LogP contribution in [0, 0.1) is 0 Å². The maximum Gasteiger partial charge on any atom is 0.296 e. The van der Waals surface area contributed by atoms with E-state index in [1.54, 1.807) is 13.3 Å². The summed E-state index contributed by atoms with van der Waals surface area (Å²) in [7, 11) is 2.91. The normalized spacial score (nSPS) is 14.8. The number of hydrogen-bond donors (Lipinski definition) is 2. The number of anilines is 1. The van der Waals surface area contributed by atoms with Crippen LogP contribution in [0.4, 0.5) is 5.82 Å². The summed E-state index contributed by atoms with van der Waals surface area (Å²) in [4.78, 5) is 25.1. The van der Waals surface area contributed by atoms with Crippen LogP contribution in [0.25, 0.3) is 11.0 Å². The fourth-order valence-electron chi connectivity index (χ4n) is 3.55. The van der Waals surface area contributed by atoms with Gasteiger partial charge in [-0.15, -0.1) is 5.10 Å². The van der Waals surface area contributed by atoms with Crippen molar-refractivity contribution in [2.45, 2.75) is 31.4 Å². The molecule has 1 aliphatic rings. The zero-order valence-corrected chi connectivity index (χ0v) is 14.5. The van der Waals surface area contributed by atoms with Crippen molar-refractivity contribution in [2.75, 3.05) is 12.4 Å². The van der Waals surface area contributed by atoms with Gasteiger partial charge in [-0.2, -0.15) is 0 Å². The minimum Gasteiger partial charge on any atom is -0.494 e. The molecule has 1 saturated heterocycles.